The standard InChI is InChI=1S/C19H20O6/c1-3-22-14-6-4-13(5-7-14)12(2)15-8-17-18(25-11-24-17)9-16(15)23-10-19(20)21/h4-9,12H,3,10-11H2,1-2H3,(H,20,21)/t12-/m0/s1. The fourth-order valence-electron chi connectivity index (χ4n) is 2.74. The van der Waals surface area contributed by atoms with Crippen molar-refractivity contribution in [2.45, 2.75) is 19.8 Å². The molecule has 132 valence electrons. The van der Waals surface area contributed by atoms with Crippen molar-refractivity contribution in [3.05, 3.63) is 47.5 Å². The molecule has 2 aromatic rings. The van der Waals surface area contributed by atoms with Crippen LogP contribution in [0.15, 0.2) is 36.4 Å². The molecule has 6 nitrogen and oxygen atoms in total. The Morgan fingerprint density at radius 3 is 2.48 bits per heavy atom. The minimum absolute atomic E-state index is 0.0195. The van der Waals surface area contributed by atoms with Crippen LogP contribution in [0.1, 0.15) is 30.9 Å². The molecule has 0 radical (unpaired) electrons. The summed E-state index contributed by atoms with van der Waals surface area (Å²) in [4.78, 5) is 10.9. The lowest BCUT2D eigenvalue weighted by molar-refractivity contribution is -0.139. The van der Waals surface area contributed by atoms with Gasteiger partial charge in [0, 0.05) is 17.5 Å². The van der Waals surface area contributed by atoms with Crippen molar-refractivity contribution in [2.75, 3.05) is 20.0 Å². The highest BCUT2D eigenvalue weighted by Gasteiger charge is 2.22. The maximum absolute atomic E-state index is 10.9. The Labute approximate surface area is 145 Å². The van der Waals surface area contributed by atoms with E-state index in [1.54, 1.807) is 6.07 Å². The number of hydrogen-bond acceptors (Lipinski definition) is 5. The SMILES string of the molecule is CCOc1ccc([C@H](C)c2cc3c(cc2OCC(=O)O)OCO3)cc1. The first kappa shape index (κ1) is 17.0. The summed E-state index contributed by atoms with van der Waals surface area (Å²) in [6.07, 6.45) is 0. The normalized spacial score (nSPS) is 13.4. The molecule has 0 saturated heterocycles. The third-order valence-corrected chi connectivity index (χ3v) is 4.01. The largest absolute Gasteiger partial charge is 0.494 e. The van der Waals surface area contributed by atoms with E-state index in [4.69, 9.17) is 24.1 Å². The van der Waals surface area contributed by atoms with Crippen molar-refractivity contribution in [3.63, 3.8) is 0 Å². The molecule has 6 heteroatoms. The van der Waals surface area contributed by atoms with Crippen molar-refractivity contribution < 1.29 is 28.8 Å². The van der Waals surface area contributed by atoms with Gasteiger partial charge in [0.15, 0.2) is 18.1 Å². The molecule has 0 bridgehead atoms. The Kier molecular flexibility index (Phi) is 4.97. The van der Waals surface area contributed by atoms with E-state index in [0.29, 0.717) is 23.9 Å². The van der Waals surface area contributed by atoms with Crippen molar-refractivity contribution in [3.8, 4) is 23.0 Å². The van der Waals surface area contributed by atoms with Crippen LogP contribution in [0.2, 0.25) is 0 Å². The van der Waals surface area contributed by atoms with Crippen LogP contribution in [-0.4, -0.2) is 31.1 Å². The first-order valence-electron chi connectivity index (χ1n) is 8.09. The Morgan fingerprint density at radius 1 is 1.16 bits per heavy atom. The molecular formula is C19H20O6. The highest BCUT2D eigenvalue weighted by Crippen LogP contribution is 2.42. The van der Waals surface area contributed by atoms with Gasteiger partial charge in [-0.1, -0.05) is 19.1 Å². The molecule has 3 rings (SSSR count). The molecule has 0 aliphatic carbocycles. The third kappa shape index (κ3) is 3.79. The summed E-state index contributed by atoms with van der Waals surface area (Å²) in [5.74, 6) is 1.43. The fourth-order valence-corrected chi connectivity index (χ4v) is 2.74. The van der Waals surface area contributed by atoms with Crippen LogP contribution in [0.3, 0.4) is 0 Å². The van der Waals surface area contributed by atoms with Crippen LogP contribution in [0.25, 0.3) is 0 Å². The average Bonchev–Trinajstić information content (AvgIpc) is 3.06. The zero-order chi connectivity index (χ0) is 17.8. The van der Waals surface area contributed by atoms with Crippen molar-refractivity contribution in [2.24, 2.45) is 0 Å². The van der Waals surface area contributed by atoms with Gasteiger partial charge in [-0.3, -0.25) is 0 Å². The van der Waals surface area contributed by atoms with E-state index in [-0.39, 0.29) is 12.7 Å². The number of carboxylic acid groups (broad SMARTS) is 1. The Balaban J connectivity index is 1.91. The smallest absolute Gasteiger partial charge is 0.341 e. The van der Waals surface area contributed by atoms with Gasteiger partial charge < -0.3 is 24.1 Å². The Hall–Kier alpha value is -2.89. The molecule has 0 aromatic heterocycles. The molecule has 1 heterocycles. The molecule has 25 heavy (non-hydrogen) atoms. The van der Waals surface area contributed by atoms with Crippen LogP contribution >= 0.6 is 0 Å². The lowest BCUT2D eigenvalue weighted by Crippen LogP contribution is -2.11. The molecule has 1 aliphatic rings. The number of fused-ring (bicyclic) bond motifs is 1. The second-order valence-corrected chi connectivity index (χ2v) is 5.65. The number of carboxylic acids is 1. The summed E-state index contributed by atoms with van der Waals surface area (Å²) >= 11 is 0. The van der Waals surface area contributed by atoms with Gasteiger partial charge in [-0.15, -0.1) is 0 Å². The minimum atomic E-state index is -1.03. The minimum Gasteiger partial charge on any atom is -0.494 e. The lowest BCUT2D eigenvalue weighted by Gasteiger charge is -2.18. The maximum atomic E-state index is 10.9. The molecule has 1 aliphatic heterocycles. The van der Waals surface area contributed by atoms with Gasteiger partial charge in [0.2, 0.25) is 6.79 Å². The quantitative estimate of drug-likeness (QED) is 0.829. The monoisotopic (exact) mass is 344 g/mol. The van der Waals surface area contributed by atoms with E-state index in [1.807, 2.05) is 44.2 Å². The van der Waals surface area contributed by atoms with Crippen LogP contribution < -0.4 is 18.9 Å². The van der Waals surface area contributed by atoms with Crippen LogP contribution in [0.5, 0.6) is 23.0 Å². The van der Waals surface area contributed by atoms with Crippen molar-refractivity contribution in [1.82, 2.24) is 0 Å². The van der Waals surface area contributed by atoms with Gasteiger partial charge in [0.25, 0.3) is 0 Å². The van der Waals surface area contributed by atoms with E-state index in [0.717, 1.165) is 16.9 Å². The number of carbonyl (C=O) groups is 1. The summed E-state index contributed by atoms with van der Waals surface area (Å²) in [5, 5.41) is 8.90. The van der Waals surface area contributed by atoms with E-state index in [2.05, 4.69) is 0 Å². The zero-order valence-electron chi connectivity index (χ0n) is 14.2. The van der Waals surface area contributed by atoms with E-state index in [9.17, 15) is 4.79 Å². The number of rotatable bonds is 7. The van der Waals surface area contributed by atoms with E-state index < -0.39 is 12.6 Å². The highest BCUT2D eigenvalue weighted by atomic mass is 16.7. The van der Waals surface area contributed by atoms with E-state index in [1.165, 1.54) is 0 Å². The van der Waals surface area contributed by atoms with Gasteiger partial charge in [-0.2, -0.15) is 0 Å². The van der Waals surface area contributed by atoms with Crippen LogP contribution in [0, 0.1) is 0 Å². The molecule has 0 amide bonds. The zero-order valence-corrected chi connectivity index (χ0v) is 14.2. The first-order valence-corrected chi connectivity index (χ1v) is 8.09. The third-order valence-electron chi connectivity index (χ3n) is 4.01. The molecule has 0 saturated carbocycles. The van der Waals surface area contributed by atoms with Crippen molar-refractivity contribution >= 4 is 5.97 Å². The summed E-state index contributed by atoms with van der Waals surface area (Å²) < 4.78 is 21.7. The number of hydrogen-bond donors (Lipinski definition) is 1. The second kappa shape index (κ2) is 7.34. The summed E-state index contributed by atoms with van der Waals surface area (Å²) in [7, 11) is 0. The molecule has 0 fully saturated rings. The molecule has 1 N–H and O–H groups in total. The second-order valence-electron chi connectivity index (χ2n) is 5.65. The van der Waals surface area contributed by atoms with Crippen molar-refractivity contribution in [1.29, 1.82) is 0 Å². The highest BCUT2D eigenvalue weighted by molar-refractivity contribution is 5.68. The Morgan fingerprint density at radius 2 is 1.84 bits per heavy atom. The van der Waals surface area contributed by atoms with Crippen LogP contribution in [0.4, 0.5) is 0 Å². The summed E-state index contributed by atoms with van der Waals surface area (Å²) in [6, 6.07) is 11.3. The van der Waals surface area contributed by atoms with Crippen LogP contribution in [-0.2, 0) is 4.79 Å². The van der Waals surface area contributed by atoms with Gasteiger partial charge in [-0.05, 0) is 30.7 Å². The molecule has 0 unspecified atom stereocenters. The summed E-state index contributed by atoms with van der Waals surface area (Å²) in [5.41, 5.74) is 1.90. The predicted molar refractivity (Wildman–Crippen MR) is 90.8 cm³/mol. The summed E-state index contributed by atoms with van der Waals surface area (Å²) in [6.45, 7) is 4.32. The number of ether oxygens (including phenoxy) is 4. The van der Waals surface area contributed by atoms with Gasteiger partial charge >= 0.3 is 5.97 Å². The Bertz CT molecular complexity index is 753. The average molecular weight is 344 g/mol. The number of aliphatic carboxylic acids is 1. The lowest BCUT2D eigenvalue weighted by atomic mass is 9.92. The molecule has 0 spiro atoms. The van der Waals surface area contributed by atoms with Gasteiger partial charge in [0.1, 0.15) is 11.5 Å². The number of benzene rings is 2. The van der Waals surface area contributed by atoms with Gasteiger partial charge in [0.05, 0.1) is 6.61 Å². The molecule has 2 aromatic carbocycles. The topological polar surface area (TPSA) is 74.2 Å². The van der Waals surface area contributed by atoms with E-state index >= 15 is 0 Å². The maximum Gasteiger partial charge on any atom is 0.341 e. The molecular weight excluding hydrogens is 324 g/mol. The predicted octanol–water partition coefficient (Wildman–Crippen LogP) is 3.43. The van der Waals surface area contributed by atoms with Gasteiger partial charge in [-0.25, -0.2) is 4.79 Å². The fraction of sp³-hybridized carbons (Fsp3) is 0.316. The molecule has 1 atom stereocenters. The first-order chi connectivity index (χ1) is 12.1.